The van der Waals surface area contributed by atoms with Crippen LogP contribution in [-0.2, 0) is 0 Å². The number of benzene rings is 2. The van der Waals surface area contributed by atoms with Crippen molar-refractivity contribution in [3.8, 4) is 23.3 Å². The summed E-state index contributed by atoms with van der Waals surface area (Å²) >= 11 is 0. The number of aliphatic hydroxyl groups is 1. The fourth-order valence-corrected chi connectivity index (χ4v) is 5.35. The molecular weight excluding hydrogens is 428 g/mol. The van der Waals surface area contributed by atoms with E-state index in [1.165, 1.54) is 5.56 Å². The van der Waals surface area contributed by atoms with Crippen LogP contribution < -0.4 is 9.47 Å². The average Bonchev–Trinajstić information content (AvgIpc) is 3.30. The van der Waals surface area contributed by atoms with Gasteiger partial charge in [-0.1, -0.05) is 37.8 Å². The van der Waals surface area contributed by atoms with Crippen molar-refractivity contribution >= 4 is 5.91 Å². The van der Waals surface area contributed by atoms with E-state index in [0.717, 1.165) is 31.5 Å². The van der Waals surface area contributed by atoms with E-state index in [4.69, 9.17) is 9.47 Å². The van der Waals surface area contributed by atoms with Crippen molar-refractivity contribution < 1.29 is 19.4 Å². The molecule has 5 rings (SSSR count). The predicted molar refractivity (Wildman–Crippen MR) is 130 cm³/mol. The lowest BCUT2D eigenvalue weighted by Gasteiger charge is -2.57. The van der Waals surface area contributed by atoms with Crippen LogP contribution in [0.5, 0.6) is 11.5 Å². The van der Waals surface area contributed by atoms with E-state index >= 15 is 0 Å². The number of carbonyl (C=O) groups excluding carboxylic acids is 1. The summed E-state index contributed by atoms with van der Waals surface area (Å²) in [5.74, 6) is 8.28. The molecule has 3 aliphatic rings. The van der Waals surface area contributed by atoms with Gasteiger partial charge in [0, 0.05) is 48.1 Å². The van der Waals surface area contributed by atoms with E-state index in [1.54, 1.807) is 6.07 Å². The Morgan fingerprint density at radius 1 is 1.09 bits per heavy atom. The number of rotatable bonds is 3. The van der Waals surface area contributed by atoms with Crippen LogP contribution in [0, 0.1) is 17.8 Å². The van der Waals surface area contributed by atoms with Crippen LogP contribution in [-0.4, -0.2) is 65.9 Å². The summed E-state index contributed by atoms with van der Waals surface area (Å²) in [6, 6.07) is 14.1. The van der Waals surface area contributed by atoms with Gasteiger partial charge < -0.3 is 19.5 Å². The summed E-state index contributed by atoms with van der Waals surface area (Å²) in [6.07, 6.45) is 1.96. The molecule has 6 heteroatoms. The molecule has 178 valence electrons. The molecule has 3 atom stereocenters. The normalized spacial score (nSPS) is 23.9. The van der Waals surface area contributed by atoms with E-state index in [2.05, 4.69) is 54.9 Å². The molecule has 6 nitrogen and oxygen atoms in total. The van der Waals surface area contributed by atoms with Gasteiger partial charge in [-0.25, -0.2) is 0 Å². The van der Waals surface area contributed by atoms with Gasteiger partial charge in [0.1, 0.15) is 0 Å². The minimum Gasteiger partial charge on any atom is -0.454 e. The maximum atomic E-state index is 13.5. The summed E-state index contributed by atoms with van der Waals surface area (Å²) < 4.78 is 10.9. The minimum absolute atomic E-state index is 0.0191. The van der Waals surface area contributed by atoms with E-state index in [9.17, 15) is 9.90 Å². The molecule has 3 aliphatic heterocycles. The monoisotopic (exact) mass is 460 g/mol. The molecule has 1 amide bonds. The van der Waals surface area contributed by atoms with Gasteiger partial charge in [-0.15, -0.1) is 0 Å². The van der Waals surface area contributed by atoms with Crippen LogP contribution in [0.3, 0.4) is 0 Å². The first-order valence-corrected chi connectivity index (χ1v) is 12.2. The van der Waals surface area contributed by atoms with Crippen LogP contribution in [0.2, 0.25) is 0 Å². The lowest BCUT2D eigenvalue weighted by atomic mass is 9.74. The lowest BCUT2D eigenvalue weighted by Crippen LogP contribution is -2.67. The van der Waals surface area contributed by atoms with Crippen LogP contribution >= 0.6 is 0 Å². The number of nitrogens with zero attached hydrogens (tertiary/aromatic N) is 2. The third kappa shape index (κ3) is 4.38. The second-order valence-corrected chi connectivity index (χ2v) is 9.65. The van der Waals surface area contributed by atoms with Gasteiger partial charge in [0.25, 0.3) is 5.91 Å². The van der Waals surface area contributed by atoms with Crippen LogP contribution in [0.15, 0.2) is 42.5 Å². The van der Waals surface area contributed by atoms with Crippen LogP contribution in [0.4, 0.5) is 0 Å². The zero-order valence-corrected chi connectivity index (χ0v) is 19.9. The molecule has 0 saturated carbocycles. The number of aliphatic hydroxyl groups excluding tert-OH is 1. The van der Waals surface area contributed by atoms with Gasteiger partial charge in [0.05, 0.1) is 6.61 Å². The van der Waals surface area contributed by atoms with Crippen molar-refractivity contribution in [3.63, 3.8) is 0 Å². The van der Waals surface area contributed by atoms with Crippen LogP contribution in [0.25, 0.3) is 0 Å². The van der Waals surface area contributed by atoms with Crippen molar-refractivity contribution in [2.24, 2.45) is 5.92 Å². The molecule has 1 N–H and O–H groups in total. The Kier molecular flexibility index (Phi) is 6.49. The van der Waals surface area contributed by atoms with E-state index in [0.29, 0.717) is 29.5 Å². The molecular formula is C28H32N2O4. The standard InChI is InChI=1S/C28H32N2O4/c1-19(2)5-6-20-7-9-21(10-8-20)27-23-16-29(13-3-4-14-30(23)24(27)17-31)28(32)22-11-12-25-26(15-22)34-18-33-25/h7-12,15,19,23-24,27,31H,3-4,13-14,16-18H2,1-2H3/t23-,24-,27-/m1/s1. The molecule has 2 aromatic rings. The molecule has 34 heavy (non-hydrogen) atoms. The Balaban J connectivity index is 1.37. The second kappa shape index (κ2) is 9.69. The topological polar surface area (TPSA) is 62.2 Å². The zero-order valence-electron chi connectivity index (χ0n) is 19.9. The van der Waals surface area contributed by atoms with Gasteiger partial charge in [0.15, 0.2) is 11.5 Å². The molecule has 0 bridgehead atoms. The Hall–Kier alpha value is -3.01. The van der Waals surface area contributed by atoms with Gasteiger partial charge in [-0.05, 0) is 55.3 Å². The average molecular weight is 461 g/mol. The maximum absolute atomic E-state index is 13.5. The Bertz CT molecular complexity index is 1100. The Morgan fingerprint density at radius 3 is 2.62 bits per heavy atom. The molecule has 0 spiro atoms. The van der Waals surface area contributed by atoms with Gasteiger partial charge >= 0.3 is 0 Å². The predicted octanol–water partition coefficient (Wildman–Crippen LogP) is 3.49. The van der Waals surface area contributed by atoms with Gasteiger partial charge in [0.2, 0.25) is 6.79 Å². The number of hydrogen-bond donors (Lipinski definition) is 1. The highest BCUT2D eigenvalue weighted by molar-refractivity contribution is 5.95. The van der Waals surface area contributed by atoms with Crippen molar-refractivity contribution in [2.45, 2.75) is 44.7 Å². The first-order chi connectivity index (χ1) is 16.5. The number of hydrogen-bond acceptors (Lipinski definition) is 5. The molecule has 0 radical (unpaired) electrons. The highest BCUT2D eigenvalue weighted by atomic mass is 16.7. The first kappa shape index (κ1) is 22.8. The van der Waals surface area contributed by atoms with Crippen LogP contribution in [0.1, 0.15) is 54.1 Å². The highest BCUT2D eigenvalue weighted by Crippen LogP contribution is 2.42. The molecule has 3 heterocycles. The van der Waals surface area contributed by atoms with E-state index in [1.807, 2.05) is 17.0 Å². The molecule has 2 saturated heterocycles. The van der Waals surface area contributed by atoms with Gasteiger partial charge in [-0.3, -0.25) is 9.69 Å². The number of fused-ring (bicyclic) bond motifs is 2. The molecule has 2 aromatic carbocycles. The molecule has 0 aliphatic carbocycles. The fourth-order valence-electron chi connectivity index (χ4n) is 5.35. The summed E-state index contributed by atoms with van der Waals surface area (Å²) in [7, 11) is 0. The summed E-state index contributed by atoms with van der Waals surface area (Å²) in [6.45, 7) is 6.81. The van der Waals surface area contributed by atoms with E-state index < -0.39 is 0 Å². The molecule has 0 unspecified atom stereocenters. The maximum Gasteiger partial charge on any atom is 0.254 e. The third-order valence-electron chi connectivity index (χ3n) is 7.08. The van der Waals surface area contributed by atoms with Crippen molar-refractivity contribution in [1.82, 2.24) is 9.80 Å². The first-order valence-electron chi connectivity index (χ1n) is 12.2. The van der Waals surface area contributed by atoms with E-state index in [-0.39, 0.29) is 37.3 Å². The SMILES string of the molecule is CC(C)C#Cc1ccc([C@H]2[C@@H](CO)N3CCCCN(C(=O)c4ccc5c(c4)OCO5)C[C@H]23)cc1. The minimum atomic E-state index is 0.0191. The largest absolute Gasteiger partial charge is 0.454 e. The number of amides is 1. The van der Waals surface area contributed by atoms with Crippen molar-refractivity contribution in [2.75, 3.05) is 33.0 Å². The zero-order chi connectivity index (χ0) is 23.7. The third-order valence-corrected chi connectivity index (χ3v) is 7.08. The summed E-state index contributed by atoms with van der Waals surface area (Å²) in [4.78, 5) is 17.8. The quantitative estimate of drug-likeness (QED) is 0.711. The van der Waals surface area contributed by atoms with Crippen molar-refractivity contribution in [1.29, 1.82) is 0 Å². The molecule has 2 fully saturated rings. The Labute approximate surface area is 201 Å². The fraction of sp³-hybridized carbons (Fsp3) is 0.464. The number of ether oxygens (including phenoxy) is 2. The second-order valence-electron chi connectivity index (χ2n) is 9.65. The number of carbonyl (C=O) groups is 1. The van der Waals surface area contributed by atoms with Crippen molar-refractivity contribution in [3.05, 3.63) is 59.2 Å². The summed E-state index contributed by atoms with van der Waals surface area (Å²) in [5.41, 5.74) is 2.83. The molecule has 0 aromatic heterocycles. The summed E-state index contributed by atoms with van der Waals surface area (Å²) in [5, 5.41) is 10.2. The van der Waals surface area contributed by atoms with Gasteiger partial charge in [-0.2, -0.15) is 0 Å². The lowest BCUT2D eigenvalue weighted by molar-refractivity contribution is -0.0606. The Morgan fingerprint density at radius 2 is 1.85 bits per heavy atom. The smallest absolute Gasteiger partial charge is 0.254 e. The highest BCUT2D eigenvalue weighted by Gasteiger charge is 2.49.